The number of carbonyl (C=O) groups excluding carboxylic acids is 5. The molecule has 10 nitrogen and oxygen atoms in total. The smallest absolute Gasteiger partial charge is 0.315 e. The van der Waals surface area contributed by atoms with Gasteiger partial charge in [0.05, 0.1) is 6.04 Å². The highest BCUT2D eigenvalue weighted by Gasteiger charge is 2.69. The maximum atomic E-state index is 14.1. The quantitative estimate of drug-likeness (QED) is 0.208. The van der Waals surface area contributed by atoms with E-state index in [1.165, 1.54) is 6.08 Å². The number of hydrogen-bond acceptors (Lipinski definition) is 5. The first kappa shape index (κ1) is 30.6. The van der Waals surface area contributed by atoms with Gasteiger partial charge in [-0.15, -0.1) is 6.58 Å². The molecular weight excluding hydrogens is 498 g/mol. The third kappa shape index (κ3) is 6.81. The predicted molar refractivity (Wildman–Crippen MR) is 148 cm³/mol. The van der Waals surface area contributed by atoms with Gasteiger partial charge in [-0.25, -0.2) is 4.79 Å². The van der Waals surface area contributed by atoms with Gasteiger partial charge in [0, 0.05) is 19.1 Å². The number of hydrogen-bond donors (Lipinski definition) is 4. The lowest BCUT2D eigenvalue weighted by molar-refractivity contribution is -0.144. The van der Waals surface area contributed by atoms with Gasteiger partial charge in [0.1, 0.15) is 12.1 Å². The lowest BCUT2D eigenvalue weighted by Crippen LogP contribution is -2.60. The number of nitrogens with one attached hydrogen (secondary N) is 4. The number of likely N-dealkylation sites (tertiary alicyclic amines) is 1. The summed E-state index contributed by atoms with van der Waals surface area (Å²) in [5.74, 6) is -2.02. The van der Waals surface area contributed by atoms with Crippen LogP contribution in [0, 0.1) is 23.2 Å². The Morgan fingerprint density at radius 2 is 1.72 bits per heavy atom. The molecule has 2 unspecified atom stereocenters. The SMILES string of the molecule is C=CCNC(=O)C(=O)C(CCC)NC(=O)[C@@H]1[C@@H]2[C@H](CN1C(=O)[C@@H](NC(=O)NC(C)CC)C1CCCC1)C2(C)C. The number of Topliss-reactive ketones (excluding diaryl/α,β-unsaturated/α-hetero) is 1. The highest BCUT2D eigenvalue weighted by Crippen LogP contribution is 2.65. The van der Waals surface area contributed by atoms with Crippen LogP contribution in [-0.2, 0) is 19.2 Å². The van der Waals surface area contributed by atoms with Gasteiger partial charge in [-0.2, -0.15) is 0 Å². The number of rotatable bonds is 13. The summed E-state index contributed by atoms with van der Waals surface area (Å²) >= 11 is 0. The molecule has 0 spiro atoms. The number of nitrogens with zero attached hydrogens (tertiary/aromatic N) is 1. The summed E-state index contributed by atoms with van der Waals surface area (Å²) in [7, 11) is 0. The van der Waals surface area contributed by atoms with E-state index in [0.717, 1.165) is 32.1 Å². The Bertz CT molecular complexity index is 960. The van der Waals surface area contributed by atoms with Crippen molar-refractivity contribution in [3.63, 3.8) is 0 Å². The molecule has 0 aromatic carbocycles. The highest BCUT2D eigenvalue weighted by atomic mass is 16.2. The van der Waals surface area contributed by atoms with E-state index in [1.54, 1.807) is 4.90 Å². The molecule has 0 aromatic rings. The highest BCUT2D eigenvalue weighted by molar-refractivity contribution is 6.38. The maximum Gasteiger partial charge on any atom is 0.315 e. The fourth-order valence-electron chi connectivity index (χ4n) is 6.40. The first-order valence-electron chi connectivity index (χ1n) is 14.6. The van der Waals surface area contributed by atoms with Gasteiger partial charge in [0.15, 0.2) is 0 Å². The fourth-order valence-corrected chi connectivity index (χ4v) is 6.40. The second kappa shape index (κ2) is 13.0. The lowest BCUT2D eigenvalue weighted by atomic mass is 9.94. The number of fused-ring (bicyclic) bond motifs is 1. The molecule has 10 heteroatoms. The van der Waals surface area contributed by atoms with Crippen molar-refractivity contribution in [3.8, 4) is 0 Å². The van der Waals surface area contributed by atoms with Gasteiger partial charge < -0.3 is 26.2 Å². The van der Waals surface area contributed by atoms with Gasteiger partial charge in [0.2, 0.25) is 17.6 Å². The Kier molecular flexibility index (Phi) is 10.2. The van der Waals surface area contributed by atoms with Crippen LogP contribution < -0.4 is 21.3 Å². The van der Waals surface area contributed by atoms with Crippen LogP contribution in [0.25, 0.3) is 0 Å². The molecule has 1 aliphatic heterocycles. The summed E-state index contributed by atoms with van der Waals surface area (Å²) in [6.45, 7) is 14.1. The van der Waals surface area contributed by atoms with E-state index in [4.69, 9.17) is 0 Å². The first-order valence-corrected chi connectivity index (χ1v) is 14.6. The Balaban J connectivity index is 1.81. The number of urea groups is 1. The van der Waals surface area contributed by atoms with Gasteiger partial charge in [0.25, 0.3) is 5.91 Å². The minimum absolute atomic E-state index is 0.0109. The van der Waals surface area contributed by atoms with Crippen LogP contribution in [0.4, 0.5) is 4.79 Å². The molecule has 3 fully saturated rings. The van der Waals surface area contributed by atoms with Crippen molar-refractivity contribution in [3.05, 3.63) is 12.7 Å². The molecule has 0 bridgehead atoms. The molecule has 2 saturated carbocycles. The van der Waals surface area contributed by atoms with Gasteiger partial charge in [-0.1, -0.05) is 53.0 Å². The summed E-state index contributed by atoms with van der Waals surface area (Å²) in [5.41, 5.74) is -0.116. The summed E-state index contributed by atoms with van der Waals surface area (Å²) in [4.78, 5) is 67.4. The maximum absolute atomic E-state index is 14.1. The number of amides is 5. The minimum atomic E-state index is -0.977. The van der Waals surface area contributed by atoms with Crippen LogP contribution in [0.1, 0.15) is 79.6 Å². The van der Waals surface area contributed by atoms with Crippen molar-refractivity contribution in [1.29, 1.82) is 0 Å². The molecule has 4 N–H and O–H groups in total. The van der Waals surface area contributed by atoms with Crippen molar-refractivity contribution >= 4 is 29.5 Å². The van der Waals surface area contributed by atoms with Gasteiger partial charge in [-0.05, 0) is 55.8 Å². The Morgan fingerprint density at radius 3 is 2.31 bits per heavy atom. The molecule has 1 saturated heterocycles. The molecule has 218 valence electrons. The fraction of sp³-hybridized carbons (Fsp3) is 0.759. The second-order valence-corrected chi connectivity index (χ2v) is 12.1. The molecular formula is C29H47N5O5. The topological polar surface area (TPSA) is 137 Å². The van der Waals surface area contributed by atoms with Crippen molar-refractivity contribution in [2.24, 2.45) is 23.2 Å². The van der Waals surface area contributed by atoms with Crippen LogP contribution in [-0.4, -0.2) is 71.7 Å². The second-order valence-electron chi connectivity index (χ2n) is 12.1. The van der Waals surface area contributed by atoms with E-state index in [2.05, 4.69) is 41.7 Å². The van der Waals surface area contributed by atoms with Gasteiger partial charge >= 0.3 is 6.03 Å². The molecule has 2 aliphatic carbocycles. The normalized spacial score (nSPS) is 25.6. The zero-order chi connectivity index (χ0) is 28.9. The first-order chi connectivity index (χ1) is 18.5. The van der Waals surface area contributed by atoms with E-state index in [1.807, 2.05) is 20.8 Å². The van der Waals surface area contributed by atoms with Crippen LogP contribution >= 0.6 is 0 Å². The van der Waals surface area contributed by atoms with E-state index in [0.29, 0.717) is 19.4 Å². The zero-order valence-electron chi connectivity index (χ0n) is 24.2. The molecule has 1 heterocycles. The Labute approximate surface area is 232 Å². The van der Waals surface area contributed by atoms with Crippen molar-refractivity contribution in [1.82, 2.24) is 26.2 Å². The van der Waals surface area contributed by atoms with Crippen LogP contribution in [0.2, 0.25) is 0 Å². The molecule has 5 amide bonds. The third-order valence-corrected chi connectivity index (χ3v) is 9.02. The van der Waals surface area contributed by atoms with Crippen LogP contribution in [0.5, 0.6) is 0 Å². The third-order valence-electron chi connectivity index (χ3n) is 9.02. The average Bonchev–Trinajstić information content (AvgIpc) is 3.36. The monoisotopic (exact) mass is 545 g/mol. The van der Waals surface area contributed by atoms with E-state index in [-0.39, 0.29) is 47.7 Å². The number of carbonyl (C=O) groups is 5. The lowest BCUT2D eigenvalue weighted by Gasteiger charge is -2.35. The van der Waals surface area contributed by atoms with Crippen LogP contribution in [0.15, 0.2) is 12.7 Å². The average molecular weight is 546 g/mol. The molecule has 39 heavy (non-hydrogen) atoms. The standard InChI is InChI=1S/C29H47N5O5/c1-7-12-20(24(35)26(37)30-15-8-2)32-25(36)23-21-19(29(21,5)6)16-34(23)27(38)22(18-13-10-11-14-18)33-28(39)31-17(4)9-3/h8,17-23H,2,7,9-16H2,1,3-6H3,(H,30,37)(H,32,36)(H2,31,33,39)/t17?,19-,20?,21-,22-,23-/m0/s1. The Hall–Kier alpha value is -2.91. The summed E-state index contributed by atoms with van der Waals surface area (Å²) in [6.07, 6.45) is 6.84. The zero-order valence-corrected chi connectivity index (χ0v) is 24.2. The number of ketones is 1. The molecule has 3 rings (SSSR count). The van der Waals surface area contributed by atoms with Crippen molar-refractivity contribution in [2.45, 2.75) is 104 Å². The van der Waals surface area contributed by atoms with Gasteiger partial charge in [-0.3, -0.25) is 19.2 Å². The molecule has 6 atom stereocenters. The van der Waals surface area contributed by atoms with Crippen molar-refractivity contribution in [2.75, 3.05) is 13.1 Å². The van der Waals surface area contributed by atoms with Crippen LogP contribution in [0.3, 0.4) is 0 Å². The molecule has 0 radical (unpaired) electrons. The molecule has 3 aliphatic rings. The van der Waals surface area contributed by atoms with E-state index in [9.17, 15) is 24.0 Å². The minimum Gasteiger partial charge on any atom is -0.346 e. The Morgan fingerprint density at radius 1 is 1.05 bits per heavy atom. The number of piperidine rings is 1. The predicted octanol–water partition coefficient (Wildman–Crippen LogP) is 2.28. The summed E-state index contributed by atoms with van der Waals surface area (Å²) in [6, 6.07) is -2.86. The van der Waals surface area contributed by atoms with Crippen molar-refractivity contribution < 1.29 is 24.0 Å². The summed E-state index contributed by atoms with van der Waals surface area (Å²) < 4.78 is 0. The summed E-state index contributed by atoms with van der Waals surface area (Å²) in [5, 5.41) is 11.1. The van der Waals surface area contributed by atoms with E-state index >= 15 is 0 Å². The largest absolute Gasteiger partial charge is 0.346 e. The molecule has 0 aromatic heterocycles. The van der Waals surface area contributed by atoms with E-state index < -0.39 is 35.7 Å².